The number of hydrogen-bond donors (Lipinski definition) is 0. The van der Waals surface area contributed by atoms with Crippen LogP contribution in [0.4, 0.5) is 34.1 Å². The molecule has 0 saturated heterocycles. The van der Waals surface area contributed by atoms with Crippen LogP contribution >= 0.6 is 0 Å². The highest BCUT2D eigenvalue weighted by atomic mass is 28.4. The molecule has 4 heteroatoms. The lowest BCUT2D eigenvalue weighted by Crippen LogP contribution is -2.63. The number of aryl methyl sites for hydroxylation is 2. The third-order valence-corrected chi connectivity index (χ3v) is 24.0. The first-order chi connectivity index (χ1) is 30.4. The van der Waals surface area contributed by atoms with E-state index in [9.17, 15) is 0 Å². The van der Waals surface area contributed by atoms with Gasteiger partial charge in [-0.2, -0.15) is 0 Å². The Hall–Kier alpha value is -6.21. The van der Waals surface area contributed by atoms with E-state index in [4.69, 9.17) is 0 Å². The summed E-state index contributed by atoms with van der Waals surface area (Å²) in [6.45, 7) is 20.4. The Balaban J connectivity index is 1.24. The third kappa shape index (κ3) is 6.48. The van der Waals surface area contributed by atoms with Gasteiger partial charge in [-0.3, -0.25) is 0 Å². The van der Waals surface area contributed by atoms with Crippen molar-refractivity contribution in [2.24, 2.45) is 0 Å². The van der Waals surface area contributed by atoms with E-state index in [2.05, 4.69) is 245 Å². The zero-order valence-electron chi connectivity index (χ0n) is 38.1. The first-order valence-corrected chi connectivity index (χ1v) is 29.9. The van der Waals surface area contributed by atoms with Crippen LogP contribution in [0.25, 0.3) is 43.4 Å². The lowest BCUT2D eigenvalue weighted by atomic mass is 9.91. The summed E-state index contributed by atoms with van der Waals surface area (Å²) in [5.74, 6) is 0. The van der Waals surface area contributed by atoms with Gasteiger partial charge in [-0.05, 0) is 151 Å². The highest BCUT2D eigenvalue weighted by molar-refractivity contribution is 7.00. The van der Waals surface area contributed by atoms with E-state index in [1.54, 1.807) is 11.1 Å². The molecule has 0 unspecified atom stereocenters. The van der Waals surface area contributed by atoms with Gasteiger partial charge in [-0.1, -0.05) is 162 Å². The summed E-state index contributed by atoms with van der Waals surface area (Å²) in [4.78, 5) is 4.85. The summed E-state index contributed by atoms with van der Waals surface area (Å²) in [7, 11) is -4.19. The molecule has 9 aromatic rings. The third-order valence-electron chi connectivity index (χ3n) is 14.0. The highest BCUT2D eigenvalue weighted by Crippen LogP contribution is 2.63. The minimum Gasteiger partial charge on any atom is -0.310 e. The summed E-state index contributed by atoms with van der Waals surface area (Å²) in [6.07, 6.45) is 2.05. The van der Waals surface area contributed by atoms with Crippen LogP contribution in [-0.2, 0) is 17.5 Å². The van der Waals surface area contributed by atoms with Crippen LogP contribution in [-0.4, -0.2) is 16.1 Å². The first-order valence-electron chi connectivity index (χ1n) is 22.9. The molecular formula is C59H58N2Si2. The van der Waals surface area contributed by atoms with Gasteiger partial charge in [0.25, 0.3) is 0 Å². The first kappa shape index (κ1) is 40.8. The molecule has 0 radical (unpaired) electrons. The summed E-state index contributed by atoms with van der Waals surface area (Å²) < 4.78 is -0.0836. The standard InChI is InChI=1S/C59H58N2Si2/c1-9-41-25-30-46(31-26-41)60(44-19-13-11-14-20-44)48-34-37-50-43(39-48)29-36-54-56-52-24-18-17-23-51(52)55-40-49(61(45-21-15-12-16-22-45)47-32-27-42(10-2)28-33-47)35-38-53(55)58(56)59(57(50)54,62(3,4)5)63(6,7)8/h11-40H,9-10H2,1-8H3. The highest BCUT2D eigenvalue weighted by Gasteiger charge is 2.60. The van der Waals surface area contributed by atoms with Crippen LogP contribution in [0.3, 0.4) is 0 Å². The minimum atomic E-state index is -2.09. The summed E-state index contributed by atoms with van der Waals surface area (Å²) in [6, 6.07) is 68.8. The topological polar surface area (TPSA) is 6.48 Å². The molecule has 0 saturated carbocycles. The normalized spacial score (nSPS) is 13.3. The molecule has 0 amide bonds. The summed E-state index contributed by atoms with van der Waals surface area (Å²) in [5.41, 5.74) is 15.7. The molecule has 0 N–H and O–H groups in total. The van der Waals surface area contributed by atoms with Gasteiger partial charge in [0.15, 0.2) is 0 Å². The zero-order valence-corrected chi connectivity index (χ0v) is 40.1. The predicted molar refractivity (Wildman–Crippen MR) is 280 cm³/mol. The number of anilines is 6. The zero-order chi connectivity index (χ0) is 43.7. The van der Waals surface area contributed by atoms with Crippen molar-refractivity contribution in [3.05, 3.63) is 204 Å². The van der Waals surface area contributed by atoms with Crippen molar-refractivity contribution in [2.45, 2.75) is 70.6 Å². The van der Waals surface area contributed by atoms with E-state index in [-0.39, 0.29) is 4.66 Å². The summed E-state index contributed by atoms with van der Waals surface area (Å²) >= 11 is 0. The van der Waals surface area contributed by atoms with Crippen LogP contribution in [0, 0.1) is 0 Å². The number of fused-ring (bicyclic) bond motifs is 10. The second kappa shape index (κ2) is 15.5. The van der Waals surface area contributed by atoms with E-state index in [1.807, 2.05) is 0 Å². The molecule has 1 aliphatic rings. The van der Waals surface area contributed by atoms with Gasteiger partial charge < -0.3 is 9.80 Å². The van der Waals surface area contributed by atoms with Gasteiger partial charge in [0, 0.05) is 38.8 Å². The van der Waals surface area contributed by atoms with Gasteiger partial charge >= 0.3 is 0 Å². The smallest absolute Gasteiger partial charge is 0.0579 e. The average molecular weight is 851 g/mol. The van der Waals surface area contributed by atoms with Crippen molar-refractivity contribution < 1.29 is 0 Å². The Morgan fingerprint density at radius 2 is 0.810 bits per heavy atom. The average Bonchev–Trinajstić information content (AvgIpc) is 3.65. The Bertz CT molecular complexity index is 3130. The van der Waals surface area contributed by atoms with Crippen LogP contribution in [0.2, 0.25) is 39.3 Å². The molecule has 10 rings (SSSR count). The molecule has 63 heavy (non-hydrogen) atoms. The quantitative estimate of drug-likeness (QED) is 0.0999. The van der Waals surface area contributed by atoms with Crippen molar-refractivity contribution in [1.82, 2.24) is 0 Å². The van der Waals surface area contributed by atoms with E-state index >= 15 is 0 Å². The lowest BCUT2D eigenvalue weighted by molar-refractivity contribution is 0.973. The molecule has 312 valence electrons. The maximum atomic E-state index is 2.65. The Kier molecular flexibility index (Phi) is 10.1. The summed E-state index contributed by atoms with van der Waals surface area (Å²) in [5, 5.41) is 8.11. The molecule has 2 nitrogen and oxygen atoms in total. The monoisotopic (exact) mass is 850 g/mol. The molecular weight excluding hydrogens is 793 g/mol. The molecule has 0 fully saturated rings. The fourth-order valence-corrected chi connectivity index (χ4v) is 24.7. The van der Waals surface area contributed by atoms with Crippen molar-refractivity contribution in [1.29, 1.82) is 0 Å². The van der Waals surface area contributed by atoms with Gasteiger partial charge in [-0.15, -0.1) is 0 Å². The molecule has 1 aliphatic carbocycles. The Morgan fingerprint density at radius 1 is 0.365 bits per heavy atom. The maximum Gasteiger partial charge on any atom is 0.0579 e. The number of nitrogens with zero attached hydrogens (tertiary/aromatic N) is 2. The fourth-order valence-electron chi connectivity index (χ4n) is 11.6. The largest absolute Gasteiger partial charge is 0.310 e. The molecule has 0 aromatic heterocycles. The van der Waals surface area contributed by atoms with Crippen molar-refractivity contribution in [3.63, 3.8) is 0 Å². The van der Waals surface area contributed by atoms with Gasteiger partial charge in [0.1, 0.15) is 0 Å². The number of benzene rings is 9. The molecule has 0 heterocycles. The van der Waals surface area contributed by atoms with E-state index in [1.165, 1.54) is 77.3 Å². The minimum absolute atomic E-state index is 0.0836. The number of hydrogen-bond acceptors (Lipinski definition) is 2. The molecule has 0 spiro atoms. The Morgan fingerprint density at radius 3 is 1.32 bits per heavy atom. The van der Waals surface area contributed by atoms with E-state index in [0.29, 0.717) is 0 Å². The molecule has 9 aromatic carbocycles. The molecule has 0 atom stereocenters. The van der Waals surface area contributed by atoms with Crippen LogP contribution in [0.1, 0.15) is 36.1 Å². The second-order valence-electron chi connectivity index (χ2n) is 19.6. The van der Waals surface area contributed by atoms with Crippen LogP contribution < -0.4 is 9.80 Å². The molecule has 0 bridgehead atoms. The van der Waals surface area contributed by atoms with Gasteiger partial charge in [-0.25, -0.2) is 0 Å². The van der Waals surface area contributed by atoms with E-state index < -0.39 is 16.1 Å². The van der Waals surface area contributed by atoms with Crippen molar-refractivity contribution in [2.75, 3.05) is 9.80 Å². The fraction of sp³-hybridized carbons (Fsp3) is 0.186. The Labute approximate surface area is 376 Å². The maximum absolute atomic E-state index is 2.65. The predicted octanol–water partition coefficient (Wildman–Crippen LogP) is 17.2. The van der Waals surface area contributed by atoms with Crippen LogP contribution in [0.15, 0.2) is 182 Å². The number of para-hydroxylation sites is 2. The number of rotatable bonds is 10. The van der Waals surface area contributed by atoms with E-state index in [0.717, 1.165) is 24.2 Å². The van der Waals surface area contributed by atoms with Crippen LogP contribution in [0.5, 0.6) is 0 Å². The van der Waals surface area contributed by atoms with Crippen molar-refractivity contribution in [3.8, 4) is 11.1 Å². The SMILES string of the molecule is CCc1ccc(N(c2ccccc2)c2ccc3c4c(ccc3c2)-c2c(c3ccc(N(c5ccccc5)c5ccc(CC)cc5)cc3c3ccccc23)C4([Si](C)(C)C)[Si](C)(C)C)cc1. The van der Waals surface area contributed by atoms with Gasteiger partial charge in [0.05, 0.1) is 16.1 Å². The molecule has 0 aliphatic heterocycles. The van der Waals surface area contributed by atoms with Gasteiger partial charge in [0.2, 0.25) is 0 Å². The van der Waals surface area contributed by atoms with Crippen molar-refractivity contribution >= 4 is 82.6 Å². The lowest BCUT2D eigenvalue weighted by Gasteiger charge is -2.52. The second-order valence-corrected chi connectivity index (χ2v) is 30.6.